The van der Waals surface area contributed by atoms with Crippen molar-refractivity contribution in [2.24, 2.45) is 0 Å². The van der Waals surface area contributed by atoms with Crippen LogP contribution in [0.15, 0.2) is 47.8 Å². The number of imidazole rings is 1. The van der Waals surface area contributed by atoms with Gasteiger partial charge < -0.3 is 9.30 Å². The first-order valence-electron chi connectivity index (χ1n) is 8.95. The molecule has 0 amide bonds. The molecule has 3 aromatic heterocycles. The summed E-state index contributed by atoms with van der Waals surface area (Å²) in [7, 11) is -2.07. The summed E-state index contributed by atoms with van der Waals surface area (Å²) < 4.78 is 27.8. The highest BCUT2D eigenvalue weighted by Crippen LogP contribution is 2.18. The van der Waals surface area contributed by atoms with Gasteiger partial charge in [0.25, 0.3) is 0 Å². The highest BCUT2D eigenvalue weighted by Gasteiger charge is 2.20. The molecular weight excluding hydrogens is 400 g/mol. The summed E-state index contributed by atoms with van der Waals surface area (Å²) in [4.78, 5) is 13.6. The molecule has 4 rings (SSSR count). The SMILES string of the molecule is CNS(=O)(=O)c1ccc(N2CCN(Cc3cn4cc(Cl)ccc4n3)CC2)nc1. The molecule has 8 nitrogen and oxygen atoms in total. The fourth-order valence-electron chi connectivity index (χ4n) is 3.29. The fraction of sp³-hybridized carbons (Fsp3) is 0.333. The van der Waals surface area contributed by atoms with Gasteiger partial charge in [-0.05, 0) is 31.3 Å². The molecule has 0 unspecified atom stereocenters. The maximum atomic E-state index is 11.8. The lowest BCUT2D eigenvalue weighted by Gasteiger charge is -2.35. The van der Waals surface area contributed by atoms with Crippen LogP contribution in [0.25, 0.3) is 5.65 Å². The number of aromatic nitrogens is 3. The molecule has 1 saturated heterocycles. The summed E-state index contributed by atoms with van der Waals surface area (Å²) in [5, 5.41) is 0.686. The van der Waals surface area contributed by atoms with Gasteiger partial charge in [-0.2, -0.15) is 0 Å². The zero-order valence-corrected chi connectivity index (χ0v) is 17.0. The summed E-state index contributed by atoms with van der Waals surface area (Å²) >= 11 is 6.03. The van der Waals surface area contributed by atoms with Crippen molar-refractivity contribution in [3.63, 3.8) is 0 Å². The molecule has 0 saturated carbocycles. The average molecular weight is 421 g/mol. The molecule has 10 heteroatoms. The van der Waals surface area contributed by atoms with E-state index in [2.05, 4.69) is 24.5 Å². The molecule has 0 bridgehead atoms. The second-order valence-corrected chi connectivity index (χ2v) is 8.99. The molecule has 3 aromatic rings. The van der Waals surface area contributed by atoms with E-state index in [1.54, 1.807) is 12.1 Å². The van der Waals surface area contributed by atoms with E-state index >= 15 is 0 Å². The molecule has 4 heterocycles. The molecule has 28 heavy (non-hydrogen) atoms. The lowest BCUT2D eigenvalue weighted by molar-refractivity contribution is 0.247. The fourth-order valence-corrected chi connectivity index (χ4v) is 4.14. The number of fused-ring (bicyclic) bond motifs is 1. The molecular formula is C18H21ClN6O2S. The number of halogens is 1. The number of anilines is 1. The standard InChI is InChI=1S/C18H21ClN6O2S/c1-20-28(26,27)16-3-5-17(21-10-16)24-8-6-23(7-9-24)12-15-13-25-11-14(19)2-4-18(25)22-15/h2-5,10-11,13,20H,6-9,12H2,1H3. The highest BCUT2D eigenvalue weighted by molar-refractivity contribution is 7.89. The van der Waals surface area contributed by atoms with Gasteiger partial charge in [0.05, 0.1) is 10.7 Å². The quantitative estimate of drug-likeness (QED) is 0.675. The van der Waals surface area contributed by atoms with Crippen molar-refractivity contribution < 1.29 is 8.42 Å². The second-order valence-electron chi connectivity index (χ2n) is 6.67. The van der Waals surface area contributed by atoms with Gasteiger partial charge in [0.2, 0.25) is 10.0 Å². The summed E-state index contributed by atoms with van der Waals surface area (Å²) in [6.07, 6.45) is 5.26. The van der Waals surface area contributed by atoms with Crippen molar-refractivity contribution in [2.45, 2.75) is 11.4 Å². The van der Waals surface area contributed by atoms with Crippen molar-refractivity contribution in [2.75, 3.05) is 38.1 Å². The third-order valence-corrected chi connectivity index (χ3v) is 6.47. The molecule has 1 fully saturated rings. The maximum absolute atomic E-state index is 11.8. The normalized spacial score (nSPS) is 16.0. The number of rotatable bonds is 5. The molecule has 1 aliphatic rings. The minimum atomic E-state index is -3.46. The Kier molecular flexibility index (Phi) is 5.24. The van der Waals surface area contributed by atoms with Crippen molar-refractivity contribution in [1.82, 2.24) is 24.0 Å². The smallest absolute Gasteiger partial charge is 0.241 e. The molecule has 0 aromatic carbocycles. The Hall–Kier alpha value is -2.20. The third kappa shape index (κ3) is 3.97. The number of hydrogen-bond donors (Lipinski definition) is 1. The predicted octanol–water partition coefficient (Wildman–Crippen LogP) is 1.61. The van der Waals surface area contributed by atoms with Gasteiger partial charge in [0.1, 0.15) is 16.4 Å². The van der Waals surface area contributed by atoms with E-state index in [1.165, 1.54) is 13.2 Å². The monoisotopic (exact) mass is 420 g/mol. The van der Waals surface area contributed by atoms with Crippen LogP contribution in [0.3, 0.4) is 0 Å². The third-order valence-electron chi connectivity index (χ3n) is 4.85. The highest BCUT2D eigenvalue weighted by atomic mass is 35.5. The molecule has 0 spiro atoms. The number of piperazine rings is 1. The molecule has 1 N–H and O–H groups in total. The summed E-state index contributed by atoms with van der Waals surface area (Å²) in [6.45, 7) is 4.19. The Morgan fingerprint density at radius 3 is 2.57 bits per heavy atom. The summed E-state index contributed by atoms with van der Waals surface area (Å²) in [5.74, 6) is 0.789. The van der Waals surface area contributed by atoms with Crippen LogP contribution in [-0.2, 0) is 16.6 Å². The average Bonchev–Trinajstić information content (AvgIpc) is 3.10. The van der Waals surface area contributed by atoms with Crippen LogP contribution in [0.2, 0.25) is 5.02 Å². The van der Waals surface area contributed by atoms with Crippen LogP contribution in [0.1, 0.15) is 5.69 Å². The topological polar surface area (TPSA) is 82.8 Å². The first kappa shape index (κ1) is 19.1. The first-order chi connectivity index (χ1) is 13.4. The predicted molar refractivity (Wildman–Crippen MR) is 108 cm³/mol. The minimum absolute atomic E-state index is 0.171. The Labute approximate surface area is 168 Å². The Morgan fingerprint density at radius 2 is 1.89 bits per heavy atom. The molecule has 0 aliphatic carbocycles. The van der Waals surface area contributed by atoms with Gasteiger partial charge in [-0.25, -0.2) is 23.1 Å². The van der Waals surface area contributed by atoms with Gasteiger partial charge in [-0.1, -0.05) is 11.6 Å². The van der Waals surface area contributed by atoms with E-state index in [1.807, 2.05) is 28.9 Å². The molecule has 0 atom stereocenters. The number of sulfonamides is 1. The van der Waals surface area contributed by atoms with Gasteiger partial charge in [0, 0.05) is 51.3 Å². The zero-order chi connectivity index (χ0) is 19.7. The van der Waals surface area contributed by atoms with Gasteiger partial charge in [0.15, 0.2) is 0 Å². The minimum Gasteiger partial charge on any atom is -0.354 e. The number of pyridine rings is 2. The van der Waals surface area contributed by atoms with Crippen LogP contribution in [-0.4, -0.2) is 60.9 Å². The van der Waals surface area contributed by atoms with E-state index in [-0.39, 0.29) is 4.90 Å². The van der Waals surface area contributed by atoms with Crippen molar-refractivity contribution >= 4 is 33.1 Å². The van der Waals surface area contributed by atoms with Crippen LogP contribution >= 0.6 is 11.6 Å². The summed E-state index contributed by atoms with van der Waals surface area (Å²) in [5.41, 5.74) is 1.90. The molecule has 1 aliphatic heterocycles. The molecule has 0 radical (unpaired) electrons. The maximum Gasteiger partial charge on any atom is 0.241 e. The van der Waals surface area contributed by atoms with Crippen LogP contribution in [0, 0.1) is 0 Å². The van der Waals surface area contributed by atoms with Crippen LogP contribution < -0.4 is 9.62 Å². The first-order valence-corrected chi connectivity index (χ1v) is 10.8. The number of hydrogen-bond acceptors (Lipinski definition) is 6. The summed E-state index contributed by atoms with van der Waals surface area (Å²) in [6, 6.07) is 7.09. The van der Waals surface area contributed by atoms with Crippen LogP contribution in [0.5, 0.6) is 0 Å². The Bertz CT molecular complexity index is 1080. The lowest BCUT2D eigenvalue weighted by atomic mass is 10.3. The van der Waals surface area contributed by atoms with Crippen molar-refractivity contribution in [3.8, 4) is 0 Å². The number of nitrogens with one attached hydrogen (secondary N) is 1. The van der Waals surface area contributed by atoms with E-state index in [0.29, 0.717) is 5.02 Å². The Balaban J connectivity index is 1.37. The van der Waals surface area contributed by atoms with E-state index in [0.717, 1.165) is 49.9 Å². The van der Waals surface area contributed by atoms with E-state index < -0.39 is 10.0 Å². The number of nitrogens with zero attached hydrogens (tertiary/aromatic N) is 5. The van der Waals surface area contributed by atoms with Gasteiger partial charge in [-0.15, -0.1) is 0 Å². The van der Waals surface area contributed by atoms with E-state index in [9.17, 15) is 8.42 Å². The second kappa shape index (κ2) is 7.67. The lowest BCUT2D eigenvalue weighted by Crippen LogP contribution is -2.46. The van der Waals surface area contributed by atoms with E-state index in [4.69, 9.17) is 11.6 Å². The molecule has 148 valence electrons. The zero-order valence-electron chi connectivity index (χ0n) is 15.4. The van der Waals surface area contributed by atoms with Gasteiger partial charge >= 0.3 is 0 Å². The van der Waals surface area contributed by atoms with Crippen LogP contribution in [0.4, 0.5) is 5.82 Å². The largest absolute Gasteiger partial charge is 0.354 e. The van der Waals surface area contributed by atoms with Crippen molar-refractivity contribution in [1.29, 1.82) is 0 Å². The van der Waals surface area contributed by atoms with Gasteiger partial charge in [-0.3, -0.25) is 4.90 Å². The Morgan fingerprint density at radius 1 is 1.11 bits per heavy atom. The van der Waals surface area contributed by atoms with Crippen molar-refractivity contribution in [3.05, 3.63) is 53.6 Å².